The quantitative estimate of drug-likeness (QED) is 0.218. The van der Waals surface area contributed by atoms with Crippen LogP contribution in [0.2, 0.25) is 0 Å². The summed E-state index contributed by atoms with van der Waals surface area (Å²) in [7, 11) is 0. The maximum Gasteiger partial charge on any atom is 0.301 e. The van der Waals surface area contributed by atoms with Crippen LogP contribution >= 0.6 is 11.3 Å². The number of fused-ring (bicyclic) bond motifs is 2. The molecule has 186 valence electrons. The number of aliphatic hydroxyl groups is 1. The van der Waals surface area contributed by atoms with Gasteiger partial charge in [0.2, 0.25) is 0 Å². The van der Waals surface area contributed by atoms with E-state index in [0.29, 0.717) is 41.0 Å². The highest BCUT2D eigenvalue weighted by Crippen LogP contribution is 2.45. The van der Waals surface area contributed by atoms with Gasteiger partial charge in [0.05, 0.1) is 21.8 Å². The second kappa shape index (κ2) is 8.74. The number of aryl methyl sites for hydroxylation is 3. The van der Waals surface area contributed by atoms with Crippen LogP contribution in [0.25, 0.3) is 16.0 Å². The van der Waals surface area contributed by atoms with Gasteiger partial charge in [-0.25, -0.2) is 4.98 Å². The van der Waals surface area contributed by atoms with Crippen molar-refractivity contribution in [1.29, 1.82) is 0 Å². The van der Waals surface area contributed by atoms with Crippen molar-refractivity contribution in [2.75, 3.05) is 18.1 Å². The molecule has 3 heterocycles. The van der Waals surface area contributed by atoms with Gasteiger partial charge in [-0.2, -0.15) is 0 Å². The van der Waals surface area contributed by atoms with Crippen molar-refractivity contribution in [1.82, 2.24) is 4.98 Å². The molecule has 2 aliphatic rings. The Labute approximate surface area is 217 Å². The summed E-state index contributed by atoms with van der Waals surface area (Å²) < 4.78 is 12.2. The van der Waals surface area contributed by atoms with Crippen LogP contribution in [0.1, 0.15) is 33.9 Å². The van der Waals surface area contributed by atoms with Crippen LogP contribution in [0.5, 0.6) is 11.5 Å². The summed E-state index contributed by atoms with van der Waals surface area (Å²) in [5.74, 6) is -0.702. The second-order valence-electron chi connectivity index (χ2n) is 9.36. The zero-order valence-corrected chi connectivity index (χ0v) is 21.4. The Morgan fingerprint density at radius 1 is 0.946 bits per heavy atom. The number of aromatic nitrogens is 1. The first-order valence-corrected chi connectivity index (χ1v) is 12.8. The number of carbonyl (C=O) groups is 2. The van der Waals surface area contributed by atoms with Gasteiger partial charge in [0.15, 0.2) is 16.6 Å². The third-order valence-electron chi connectivity index (χ3n) is 6.68. The van der Waals surface area contributed by atoms with Crippen molar-refractivity contribution >= 4 is 44.1 Å². The molecule has 1 amide bonds. The molecule has 0 radical (unpaired) electrons. The van der Waals surface area contributed by atoms with E-state index < -0.39 is 17.7 Å². The van der Waals surface area contributed by atoms with Gasteiger partial charge in [0.25, 0.3) is 5.78 Å². The molecule has 6 rings (SSSR count). The molecule has 4 aromatic rings. The summed E-state index contributed by atoms with van der Waals surface area (Å²) in [6.07, 6.45) is 0. The van der Waals surface area contributed by atoms with E-state index in [4.69, 9.17) is 14.5 Å². The van der Waals surface area contributed by atoms with E-state index in [1.54, 1.807) is 18.2 Å². The molecule has 0 saturated carbocycles. The first-order valence-electron chi connectivity index (χ1n) is 12.0. The second-order valence-corrected chi connectivity index (χ2v) is 10.4. The number of hydrogen-bond acceptors (Lipinski definition) is 7. The predicted molar refractivity (Wildman–Crippen MR) is 142 cm³/mol. The van der Waals surface area contributed by atoms with E-state index in [-0.39, 0.29) is 11.3 Å². The Balaban J connectivity index is 1.55. The zero-order chi connectivity index (χ0) is 25.8. The molecule has 7 nitrogen and oxygen atoms in total. The smallest absolute Gasteiger partial charge is 0.301 e. The predicted octanol–water partition coefficient (Wildman–Crippen LogP) is 5.62. The van der Waals surface area contributed by atoms with Crippen molar-refractivity contribution in [2.24, 2.45) is 0 Å². The normalized spacial score (nSPS) is 18.6. The van der Waals surface area contributed by atoms with E-state index in [9.17, 15) is 14.7 Å². The third kappa shape index (κ3) is 3.84. The summed E-state index contributed by atoms with van der Waals surface area (Å²) in [6, 6.07) is 15.8. The summed E-state index contributed by atoms with van der Waals surface area (Å²) in [5, 5.41) is 11.9. The molecule has 1 saturated heterocycles. The van der Waals surface area contributed by atoms with Gasteiger partial charge in [0.1, 0.15) is 19.0 Å². The third-order valence-corrected chi connectivity index (χ3v) is 7.68. The van der Waals surface area contributed by atoms with Gasteiger partial charge >= 0.3 is 5.91 Å². The zero-order valence-electron chi connectivity index (χ0n) is 20.6. The fourth-order valence-electron chi connectivity index (χ4n) is 4.90. The average molecular weight is 513 g/mol. The van der Waals surface area contributed by atoms with Gasteiger partial charge in [-0.15, -0.1) is 0 Å². The fraction of sp³-hybridized carbons (Fsp3) is 0.207. The Morgan fingerprint density at radius 3 is 2.43 bits per heavy atom. The maximum atomic E-state index is 13.5. The van der Waals surface area contributed by atoms with Crippen molar-refractivity contribution in [3.63, 3.8) is 0 Å². The van der Waals surface area contributed by atoms with Crippen LogP contribution in [-0.4, -0.2) is 35.0 Å². The standard InChI is InChI=1S/C29H24N2O5S/c1-15-4-6-18(7-5-15)25-23(26(32)19-8-9-20-21(14-19)36-11-10-35-20)27(33)28(34)31(25)29-30-24-17(3)12-16(2)13-22(24)37-29/h4-9,12-14,25,32H,10-11H2,1-3H3/t25-/m0/s1. The van der Waals surface area contributed by atoms with Crippen LogP contribution in [0.3, 0.4) is 0 Å². The van der Waals surface area contributed by atoms with Gasteiger partial charge in [-0.3, -0.25) is 14.5 Å². The minimum Gasteiger partial charge on any atom is -0.507 e. The number of carbonyl (C=O) groups excluding carboxylic acids is 2. The summed E-state index contributed by atoms with van der Waals surface area (Å²) in [5.41, 5.74) is 5.01. The number of amides is 1. The number of hydrogen-bond donors (Lipinski definition) is 1. The molecule has 0 unspecified atom stereocenters. The highest BCUT2D eigenvalue weighted by Gasteiger charge is 2.48. The van der Waals surface area contributed by atoms with Crippen molar-refractivity contribution < 1.29 is 24.2 Å². The number of ketones is 1. The van der Waals surface area contributed by atoms with E-state index >= 15 is 0 Å². The van der Waals surface area contributed by atoms with Gasteiger partial charge in [0, 0.05) is 5.56 Å². The lowest BCUT2D eigenvalue weighted by atomic mass is 9.94. The Kier molecular flexibility index (Phi) is 5.49. The Bertz CT molecular complexity index is 1620. The molecule has 0 spiro atoms. The molecule has 37 heavy (non-hydrogen) atoms. The maximum absolute atomic E-state index is 13.5. The highest BCUT2D eigenvalue weighted by atomic mass is 32.1. The van der Waals surface area contributed by atoms with E-state index in [2.05, 4.69) is 0 Å². The Hall–Kier alpha value is -4.17. The van der Waals surface area contributed by atoms with Gasteiger partial charge in [-0.1, -0.05) is 47.2 Å². The number of Topliss-reactive ketones (excluding diaryl/α,β-unsaturated/α-hetero) is 1. The monoisotopic (exact) mass is 512 g/mol. The summed E-state index contributed by atoms with van der Waals surface area (Å²) in [4.78, 5) is 33.2. The number of benzene rings is 3. The first-order chi connectivity index (χ1) is 17.8. The lowest BCUT2D eigenvalue weighted by Crippen LogP contribution is -2.29. The minimum atomic E-state index is -0.837. The molecule has 0 aliphatic carbocycles. The number of thiazole rings is 1. The minimum absolute atomic E-state index is 0.0117. The SMILES string of the molecule is Cc1ccc([C@H]2C(=C(O)c3ccc4c(c3)OCCO4)C(=O)C(=O)N2c2nc3c(C)cc(C)cc3s2)cc1. The fourth-order valence-corrected chi connectivity index (χ4v) is 6.07. The van der Waals surface area contributed by atoms with Crippen molar-refractivity contribution in [2.45, 2.75) is 26.8 Å². The van der Waals surface area contributed by atoms with E-state index in [0.717, 1.165) is 26.9 Å². The Morgan fingerprint density at radius 2 is 1.68 bits per heavy atom. The average Bonchev–Trinajstić information content (AvgIpc) is 3.42. The molecule has 3 aromatic carbocycles. The van der Waals surface area contributed by atoms with Crippen LogP contribution in [0, 0.1) is 20.8 Å². The number of nitrogens with zero attached hydrogens (tertiary/aromatic N) is 2. The molecular formula is C29H24N2O5S. The molecule has 1 aromatic heterocycles. The molecular weight excluding hydrogens is 488 g/mol. The van der Waals surface area contributed by atoms with Gasteiger partial charge < -0.3 is 14.6 Å². The van der Waals surface area contributed by atoms with Crippen LogP contribution in [-0.2, 0) is 9.59 Å². The van der Waals surface area contributed by atoms with Crippen LogP contribution in [0.15, 0.2) is 60.2 Å². The van der Waals surface area contributed by atoms with Crippen molar-refractivity contribution in [3.8, 4) is 11.5 Å². The van der Waals surface area contributed by atoms with Crippen LogP contribution in [0.4, 0.5) is 5.13 Å². The largest absolute Gasteiger partial charge is 0.507 e. The van der Waals surface area contributed by atoms with E-state index in [1.807, 2.05) is 57.2 Å². The van der Waals surface area contributed by atoms with E-state index in [1.165, 1.54) is 16.2 Å². The number of rotatable bonds is 3. The molecule has 1 N–H and O–H groups in total. The van der Waals surface area contributed by atoms with Crippen molar-refractivity contribution in [3.05, 3.63) is 88.0 Å². The molecule has 2 aliphatic heterocycles. The highest BCUT2D eigenvalue weighted by molar-refractivity contribution is 7.22. The first kappa shape index (κ1) is 23.2. The molecule has 1 fully saturated rings. The topological polar surface area (TPSA) is 89.0 Å². The summed E-state index contributed by atoms with van der Waals surface area (Å²) >= 11 is 1.36. The number of aliphatic hydroxyl groups excluding tert-OH is 1. The molecule has 1 atom stereocenters. The molecule has 0 bridgehead atoms. The van der Waals surface area contributed by atoms with Crippen LogP contribution < -0.4 is 14.4 Å². The number of anilines is 1. The summed E-state index contributed by atoms with van der Waals surface area (Å²) in [6.45, 7) is 6.79. The lowest BCUT2D eigenvalue weighted by Gasteiger charge is -2.23. The lowest BCUT2D eigenvalue weighted by molar-refractivity contribution is -0.132. The molecule has 8 heteroatoms. The number of ether oxygens (including phenoxy) is 2. The van der Waals surface area contributed by atoms with Gasteiger partial charge in [-0.05, 0) is 61.7 Å².